The molecule has 0 bridgehead atoms. The van der Waals surface area contributed by atoms with Crippen LogP contribution in [-0.2, 0) is 21.0 Å². The molecule has 1 aliphatic carbocycles. The number of aromatic nitrogens is 2. The molecule has 0 spiro atoms. The second-order valence-electron chi connectivity index (χ2n) is 8.77. The summed E-state index contributed by atoms with van der Waals surface area (Å²) in [7, 11) is 0. The minimum atomic E-state index is -1.07. The lowest BCUT2D eigenvalue weighted by atomic mass is 9.98. The molecule has 1 aromatic heterocycles. The maximum Gasteiger partial charge on any atom is 0.332 e. The van der Waals surface area contributed by atoms with Crippen molar-refractivity contribution in [2.75, 3.05) is 0 Å². The van der Waals surface area contributed by atoms with Gasteiger partial charge in [-0.1, -0.05) is 6.42 Å². The molecular weight excluding hydrogens is 466 g/mol. The van der Waals surface area contributed by atoms with Crippen molar-refractivity contribution < 1.29 is 29.1 Å². The van der Waals surface area contributed by atoms with Crippen LogP contribution in [0, 0.1) is 0 Å². The number of carbonyl (C=O) groups is 2. The highest BCUT2D eigenvalue weighted by Crippen LogP contribution is 2.40. The Labute approximate surface area is 205 Å². The maximum absolute atomic E-state index is 12.0. The SMILES string of the molecule is O=C(CCCCCn1ccnc1-c1c2ccc(=O)cc-2oc2cc(O)ccc12)ON1C(=O)CCC1O. The number of aliphatic hydroxyl groups excluding tert-OH is 1. The van der Waals surface area contributed by atoms with Crippen LogP contribution in [0.15, 0.2) is 58.0 Å². The number of benzene rings is 2. The first-order valence-corrected chi connectivity index (χ1v) is 11.8. The van der Waals surface area contributed by atoms with Crippen LogP contribution in [0.5, 0.6) is 5.75 Å². The molecule has 1 amide bonds. The molecule has 0 radical (unpaired) electrons. The molecule has 2 aromatic rings. The minimum absolute atomic E-state index is 0.0558. The summed E-state index contributed by atoms with van der Waals surface area (Å²) in [4.78, 5) is 45.2. The Morgan fingerprint density at radius 1 is 1.14 bits per heavy atom. The van der Waals surface area contributed by atoms with Gasteiger partial charge in [-0.2, -0.15) is 0 Å². The van der Waals surface area contributed by atoms with Gasteiger partial charge in [0, 0.05) is 66.8 Å². The van der Waals surface area contributed by atoms with E-state index >= 15 is 0 Å². The molecule has 36 heavy (non-hydrogen) atoms. The zero-order valence-corrected chi connectivity index (χ0v) is 19.4. The standard InChI is InChI=1S/C26H25N3O7/c30-16-5-7-18-20(14-16)35-21-15-17(31)6-8-19(21)25(18)26-27-11-13-28(26)12-3-1-2-4-24(34)36-29-22(32)9-10-23(29)33/h5-8,11,13-15,22,30,32H,1-4,9-10,12H2. The molecule has 10 nitrogen and oxygen atoms in total. The van der Waals surface area contributed by atoms with E-state index < -0.39 is 12.2 Å². The summed E-state index contributed by atoms with van der Waals surface area (Å²) in [5.41, 5.74) is 1.80. The molecule has 5 rings (SSSR count). The van der Waals surface area contributed by atoms with E-state index in [9.17, 15) is 24.6 Å². The molecule has 0 saturated carbocycles. The van der Waals surface area contributed by atoms with Crippen molar-refractivity contribution >= 4 is 22.8 Å². The Bertz CT molecular complexity index is 1460. The Morgan fingerprint density at radius 2 is 2.00 bits per heavy atom. The number of aliphatic hydroxyl groups is 1. The molecule has 1 atom stereocenters. The fourth-order valence-corrected chi connectivity index (χ4v) is 4.46. The van der Waals surface area contributed by atoms with Gasteiger partial charge in [0.2, 0.25) is 0 Å². The van der Waals surface area contributed by atoms with Gasteiger partial charge in [0.15, 0.2) is 11.7 Å². The van der Waals surface area contributed by atoms with E-state index in [1.54, 1.807) is 24.4 Å². The van der Waals surface area contributed by atoms with Crippen LogP contribution >= 0.6 is 0 Å². The van der Waals surface area contributed by atoms with Crippen LogP contribution in [0.1, 0.15) is 38.5 Å². The van der Waals surface area contributed by atoms with Crippen LogP contribution in [0.4, 0.5) is 0 Å². The smallest absolute Gasteiger partial charge is 0.332 e. The molecule has 186 valence electrons. The van der Waals surface area contributed by atoms with Gasteiger partial charge in [0.05, 0.1) is 0 Å². The number of hydrogen-bond acceptors (Lipinski definition) is 8. The van der Waals surface area contributed by atoms with E-state index in [1.807, 2.05) is 10.8 Å². The van der Waals surface area contributed by atoms with Crippen molar-refractivity contribution in [1.29, 1.82) is 0 Å². The molecule has 10 heteroatoms. The molecule has 1 aromatic carbocycles. The Kier molecular flexibility index (Phi) is 6.43. The van der Waals surface area contributed by atoms with Crippen LogP contribution in [-0.4, -0.2) is 42.9 Å². The van der Waals surface area contributed by atoms with Crippen molar-refractivity contribution in [1.82, 2.24) is 14.6 Å². The van der Waals surface area contributed by atoms with Crippen LogP contribution in [0.25, 0.3) is 33.7 Å². The number of carbonyl (C=O) groups excluding carboxylic acids is 2. The first kappa shape index (κ1) is 23.6. The van der Waals surface area contributed by atoms with Gasteiger partial charge in [-0.05, 0) is 37.1 Å². The van der Waals surface area contributed by atoms with Gasteiger partial charge in [-0.3, -0.25) is 9.59 Å². The molecule has 1 saturated heterocycles. The maximum atomic E-state index is 12.0. The van der Waals surface area contributed by atoms with E-state index in [2.05, 4.69) is 4.98 Å². The summed E-state index contributed by atoms with van der Waals surface area (Å²) in [5.74, 6) is 0.232. The molecule has 1 fully saturated rings. The fraction of sp³-hybridized carbons (Fsp3) is 0.308. The van der Waals surface area contributed by atoms with Crippen molar-refractivity contribution in [3.63, 3.8) is 0 Å². The number of phenolic OH excluding ortho intramolecular Hbond substituents is 1. The number of hydrogen-bond donors (Lipinski definition) is 2. The van der Waals surface area contributed by atoms with Gasteiger partial charge in [0.1, 0.15) is 22.9 Å². The van der Waals surface area contributed by atoms with Gasteiger partial charge >= 0.3 is 5.97 Å². The molecule has 3 aliphatic rings. The van der Waals surface area contributed by atoms with Crippen molar-refractivity contribution in [3.05, 3.63) is 59.0 Å². The number of aryl methyl sites for hydroxylation is 1. The molecule has 2 N–H and O–H groups in total. The largest absolute Gasteiger partial charge is 0.508 e. The van der Waals surface area contributed by atoms with Gasteiger partial charge < -0.3 is 24.0 Å². The van der Waals surface area contributed by atoms with Gasteiger partial charge in [-0.25, -0.2) is 9.78 Å². The summed E-state index contributed by atoms with van der Waals surface area (Å²) >= 11 is 0. The van der Waals surface area contributed by atoms with E-state index in [0.29, 0.717) is 30.1 Å². The monoisotopic (exact) mass is 491 g/mol. The second-order valence-corrected chi connectivity index (χ2v) is 8.77. The molecular formula is C26H25N3O7. The van der Waals surface area contributed by atoms with Crippen LogP contribution < -0.4 is 5.43 Å². The third-order valence-corrected chi connectivity index (χ3v) is 6.23. The molecule has 1 unspecified atom stereocenters. The number of rotatable bonds is 8. The third kappa shape index (κ3) is 4.67. The average molecular weight is 492 g/mol. The normalized spacial score (nSPS) is 15.8. The Morgan fingerprint density at radius 3 is 2.81 bits per heavy atom. The predicted octanol–water partition coefficient (Wildman–Crippen LogP) is 3.43. The highest BCUT2D eigenvalue weighted by molar-refractivity contribution is 6.00. The minimum Gasteiger partial charge on any atom is -0.508 e. The van der Waals surface area contributed by atoms with Crippen molar-refractivity contribution in [2.45, 2.75) is 51.3 Å². The van der Waals surface area contributed by atoms with Gasteiger partial charge in [0.25, 0.3) is 5.91 Å². The predicted molar refractivity (Wildman–Crippen MR) is 129 cm³/mol. The first-order valence-electron chi connectivity index (χ1n) is 11.8. The lowest BCUT2D eigenvalue weighted by Gasteiger charge is -2.18. The van der Waals surface area contributed by atoms with E-state index in [1.165, 1.54) is 18.2 Å². The highest BCUT2D eigenvalue weighted by atomic mass is 16.7. The summed E-state index contributed by atoms with van der Waals surface area (Å²) in [6.07, 6.45) is 5.15. The third-order valence-electron chi connectivity index (χ3n) is 6.23. The van der Waals surface area contributed by atoms with Gasteiger partial charge in [-0.15, -0.1) is 5.06 Å². The van der Waals surface area contributed by atoms with E-state index in [-0.39, 0.29) is 36.3 Å². The van der Waals surface area contributed by atoms with Crippen molar-refractivity contribution in [2.24, 2.45) is 0 Å². The van der Waals surface area contributed by atoms with Crippen LogP contribution in [0.2, 0.25) is 0 Å². The lowest BCUT2D eigenvalue weighted by Crippen LogP contribution is -2.35. The summed E-state index contributed by atoms with van der Waals surface area (Å²) in [6, 6.07) is 9.47. The van der Waals surface area contributed by atoms with E-state index in [0.717, 1.165) is 34.4 Å². The number of hydroxylamine groups is 2. The summed E-state index contributed by atoms with van der Waals surface area (Å²) in [6.45, 7) is 0.639. The number of imidazole rings is 1. The molecule has 3 heterocycles. The average Bonchev–Trinajstić information content (AvgIpc) is 3.43. The lowest BCUT2D eigenvalue weighted by molar-refractivity contribution is -0.220. The number of unbranched alkanes of at least 4 members (excludes halogenated alkanes) is 2. The summed E-state index contributed by atoms with van der Waals surface area (Å²) in [5, 5.41) is 21.1. The zero-order valence-electron chi connectivity index (χ0n) is 19.4. The topological polar surface area (TPSA) is 135 Å². The fourth-order valence-electron chi connectivity index (χ4n) is 4.46. The number of amides is 1. The second kappa shape index (κ2) is 9.82. The molecule has 2 aliphatic heterocycles. The zero-order chi connectivity index (χ0) is 25.2. The van der Waals surface area contributed by atoms with Crippen LogP contribution in [0.3, 0.4) is 0 Å². The summed E-state index contributed by atoms with van der Waals surface area (Å²) < 4.78 is 7.91. The number of aromatic hydroxyl groups is 1. The highest BCUT2D eigenvalue weighted by Gasteiger charge is 2.32. The Hall–Kier alpha value is -4.18. The quantitative estimate of drug-likeness (QED) is 0.283. The number of fused-ring (bicyclic) bond motifs is 2. The van der Waals surface area contributed by atoms with E-state index in [4.69, 9.17) is 9.25 Å². The number of phenols is 1. The first-order chi connectivity index (χ1) is 17.4. The Balaban J connectivity index is 1.29. The number of nitrogens with zero attached hydrogens (tertiary/aromatic N) is 3. The van der Waals surface area contributed by atoms with Crippen molar-refractivity contribution in [3.8, 4) is 28.5 Å².